The highest BCUT2D eigenvalue weighted by Crippen LogP contribution is 2.08. The maximum atomic E-state index is 12.0. The van der Waals surface area contributed by atoms with Crippen LogP contribution in [-0.2, 0) is 13.0 Å². The Balaban J connectivity index is 1.56. The molecule has 0 unspecified atom stereocenters. The molecule has 6 heteroatoms. The first-order valence-electron chi connectivity index (χ1n) is 7.66. The third-order valence-corrected chi connectivity index (χ3v) is 3.82. The summed E-state index contributed by atoms with van der Waals surface area (Å²) in [5.41, 5.74) is 1.53. The zero-order chi connectivity index (χ0) is 16.8. The number of rotatable bonds is 6. The third kappa shape index (κ3) is 4.20. The van der Waals surface area contributed by atoms with Gasteiger partial charge in [-0.05, 0) is 17.7 Å². The second kappa shape index (κ2) is 7.75. The normalized spacial score (nSPS) is 10.5. The van der Waals surface area contributed by atoms with E-state index in [-0.39, 0.29) is 5.91 Å². The summed E-state index contributed by atoms with van der Waals surface area (Å²) in [6.45, 7) is 1.25. The van der Waals surface area contributed by atoms with E-state index in [2.05, 4.69) is 32.0 Å². The molecular weight excluding hydrogens is 324 g/mol. The van der Waals surface area contributed by atoms with Gasteiger partial charge >= 0.3 is 0 Å². The van der Waals surface area contributed by atoms with Crippen LogP contribution in [0.1, 0.15) is 21.9 Å². The summed E-state index contributed by atoms with van der Waals surface area (Å²) in [4.78, 5) is 20.4. The topological polar surface area (TPSA) is 59.8 Å². The first kappa shape index (κ1) is 16.2. The molecular formula is C18H17ClN4O. The van der Waals surface area contributed by atoms with Crippen molar-refractivity contribution in [2.45, 2.75) is 13.0 Å². The molecule has 0 aliphatic rings. The molecule has 0 aliphatic heterocycles. The molecule has 1 N–H and O–H groups in total. The molecule has 24 heavy (non-hydrogen) atoms. The highest BCUT2D eigenvalue weighted by atomic mass is 35.5. The monoisotopic (exact) mass is 340 g/mol. The Morgan fingerprint density at radius 3 is 2.75 bits per heavy atom. The molecule has 0 spiro atoms. The number of carbonyl (C=O) groups is 1. The molecule has 3 rings (SSSR count). The van der Waals surface area contributed by atoms with E-state index in [9.17, 15) is 4.79 Å². The predicted octanol–water partition coefficient (Wildman–Crippen LogP) is 2.95. The first-order valence-corrected chi connectivity index (χ1v) is 8.04. The van der Waals surface area contributed by atoms with E-state index in [1.807, 2.05) is 24.4 Å². The van der Waals surface area contributed by atoms with Crippen molar-refractivity contribution in [1.29, 1.82) is 0 Å². The second-order valence-electron chi connectivity index (χ2n) is 5.32. The Morgan fingerprint density at radius 2 is 1.96 bits per heavy atom. The van der Waals surface area contributed by atoms with Crippen LogP contribution < -0.4 is 5.32 Å². The third-order valence-electron chi connectivity index (χ3n) is 3.59. The van der Waals surface area contributed by atoms with Gasteiger partial charge in [-0.3, -0.25) is 9.78 Å². The highest BCUT2D eigenvalue weighted by Gasteiger charge is 2.08. The SMILES string of the molecule is O=C(NCCc1nccn1Cc1ccccc1)c1cc(Cl)ccn1. The summed E-state index contributed by atoms with van der Waals surface area (Å²) in [6, 6.07) is 13.4. The maximum Gasteiger partial charge on any atom is 0.269 e. The van der Waals surface area contributed by atoms with Crippen molar-refractivity contribution in [3.63, 3.8) is 0 Å². The van der Waals surface area contributed by atoms with Gasteiger partial charge in [-0.1, -0.05) is 41.9 Å². The maximum absolute atomic E-state index is 12.0. The van der Waals surface area contributed by atoms with Crippen LogP contribution in [0.15, 0.2) is 61.1 Å². The van der Waals surface area contributed by atoms with Crippen molar-refractivity contribution < 1.29 is 4.79 Å². The molecule has 0 saturated heterocycles. The van der Waals surface area contributed by atoms with Gasteiger partial charge < -0.3 is 9.88 Å². The lowest BCUT2D eigenvalue weighted by molar-refractivity contribution is 0.0949. The lowest BCUT2D eigenvalue weighted by atomic mass is 10.2. The fourth-order valence-electron chi connectivity index (χ4n) is 2.40. The Morgan fingerprint density at radius 1 is 1.12 bits per heavy atom. The quantitative estimate of drug-likeness (QED) is 0.750. The van der Waals surface area contributed by atoms with Crippen molar-refractivity contribution in [2.24, 2.45) is 0 Å². The average molecular weight is 341 g/mol. The zero-order valence-corrected chi connectivity index (χ0v) is 13.8. The smallest absolute Gasteiger partial charge is 0.269 e. The van der Waals surface area contributed by atoms with Gasteiger partial charge in [0.25, 0.3) is 5.91 Å². The van der Waals surface area contributed by atoms with Gasteiger partial charge in [-0.25, -0.2) is 4.98 Å². The largest absolute Gasteiger partial charge is 0.350 e. The molecule has 0 aliphatic carbocycles. The zero-order valence-electron chi connectivity index (χ0n) is 13.0. The van der Waals surface area contributed by atoms with Crippen LogP contribution in [0.5, 0.6) is 0 Å². The van der Waals surface area contributed by atoms with Gasteiger partial charge in [0.2, 0.25) is 0 Å². The van der Waals surface area contributed by atoms with Crippen LogP contribution in [0.25, 0.3) is 0 Å². The fourth-order valence-corrected chi connectivity index (χ4v) is 2.56. The Hall–Kier alpha value is -2.66. The number of hydrogen-bond acceptors (Lipinski definition) is 3. The molecule has 122 valence electrons. The minimum absolute atomic E-state index is 0.237. The number of carbonyl (C=O) groups excluding carboxylic acids is 1. The van der Waals surface area contributed by atoms with E-state index in [1.165, 1.54) is 11.8 Å². The van der Waals surface area contributed by atoms with Crippen LogP contribution in [0.3, 0.4) is 0 Å². The second-order valence-corrected chi connectivity index (χ2v) is 5.76. The average Bonchev–Trinajstić information content (AvgIpc) is 3.03. The molecule has 5 nitrogen and oxygen atoms in total. The summed E-state index contributed by atoms with van der Waals surface area (Å²) in [6.07, 6.45) is 5.89. The number of nitrogens with zero attached hydrogens (tertiary/aromatic N) is 3. The van der Waals surface area contributed by atoms with Gasteiger partial charge in [0.15, 0.2) is 0 Å². The summed E-state index contributed by atoms with van der Waals surface area (Å²) in [5.74, 6) is 0.692. The lowest BCUT2D eigenvalue weighted by Crippen LogP contribution is -2.27. The van der Waals surface area contributed by atoms with Crippen molar-refractivity contribution in [3.05, 3.63) is 83.2 Å². The lowest BCUT2D eigenvalue weighted by Gasteiger charge is -2.09. The molecule has 1 amide bonds. The summed E-state index contributed by atoms with van der Waals surface area (Å²) < 4.78 is 2.08. The van der Waals surface area contributed by atoms with Gasteiger partial charge in [0, 0.05) is 43.1 Å². The number of aromatic nitrogens is 3. The molecule has 0 fully saturated rings. The van der Waals surface area contributed by atoms with E-state index in [0.29, 0.717) is 23.7 Å². The Labute approximate surface area is 145 Å². The summed E-state index contributed by atoms with van der Waals surface area (Å²) in [5, 5.41) is 3.34. The number of hydrogen-bond donors (Lipinski definition) is 1. The van der Waals surface area contributed by atoms with E-state index < -0.39 is 0 Å². The van der Waals surface area contributed by atoms with Crippen LogP contribution in [-0.4, -0.2) is 27.0 Å². The number of amides is 1. The Kier molecular flexibility index (Phi) is 5.23. The number of imidazole rings is 1. The molecule has 2 heterocycles. The van der Waals surface area contributed by atoms with E-state index in [1.54, 1.807) is 18.3 Å². The minimum Gasteiger partial charge on any atom is -0.350 e. The number of pyridine rings is 1. The highest BCUT2D eigenvalue weighted by molar-refractivity contribution is 6.30. The van der Waals surface area contributed by atoms with Gasteiger partial charge in [-0.15, -0.1) is 0 Å². The Bertz CT molecular complexity index is 817. The van der Waals surface area contributed by atoms with E-state index >= 15 is 0 Å². The summed E-state index contributed by atoms with van der Waals surface area (Å²) in [7, 11) is 0. The van der Waals surface area contributed by atoms with Crippen LogP contribution in [0.2, 0.25) is 5.02 Å². The number of nitrogens with one attached hydrogen (secondary N) is 1. The van der Waals surface area contributed by atoms with Crippen molar-refractivity contribution in [2.75, 3.05) is 6.54 Å². The van der Waals surface area contributed by atoms with Crippen LogP contribution >= 0.6 is 11.6 Å². The fraction of sp³-hybridized carbons (Fsp3) is 0.167. The van der Waals surface area contributed by atoms with Gasteiger partial charge in [-0.2, -0.15) is 0 Å². The first-order chi connectivity index (χ1) is 11.7. The molecule has 1 aromatic carbocycles. The standard InChI is InChI=1S/C18H17ClN4O/c19-15-6-8-20-16(12-15)18(24)22-9-7-17-21-10-11-23(17)13-14-4-2-1-3-5-14/h1-6,8,10-12H,7,9,13H2,(H,22,24). The van der Waals surface area contributed by atoms with Crippen molar-refractivity contribution >= 4 is 17.5 Å². The van der Waals surface area contributed by atoms with Gasteiger partial charge in [0.05, 0.1) is 0 Å². The predicted molar refractivity (Wildman–Crippen MR) is 93.1 cm³/mol. The van der Waals surface area contributed by atoms with Gasteiger partial charge in [0.1, 0.15) is 11.5 Å². The number of halogens is 1. The molecule has 3 aromatic rings. The van der Waals surface area contributed by atoms with E-state index in [4.69, 9.17) is 11.6 Å². The molecule has 0 bridgehead atoms. The van der Waals surface area contributed by atoms with E-state index in [0.717, 1.165) is 12.4 Å². The molecule has 0 atom stereocenters. The van der Waals surface area contributed by atoms with Crippen molar-refractivity contribution in [1.82, 2.24) is 19.9 Å². The van der Waals surface area contributed by atoms with Crippen LogP contribution in [0.4, 0.5) is 0 Å². The molecule has 2 aromatic heterocycles. The van der Waals surface area contributed by atoms with Crippen LogP contribution in [0, 0.1) is 0 Å². The summed E-state index contributed by atoms with van der Waals surface area (Å²) >= 11 is 5.87. The van der Waals surface area contributed by atoms with Crippen molar-refractivity contribution in [3.8, 4) is 0 Å². The molecule has 0 saturated carbocycles. The molecule has 0 radical (unpaired) electrons. The minimum atomic E-state index is -0.237. The number of benzene rings is 1.